The monoisotopic (exact) mass is 413 g/mol. The zero-order valence-electron chi connectivity index (χ0n) is 15.0. The van der Waals surface area contributed by atoms with Gasteiger partial charge in [0.2, 0.25) is 0 Å². The summed E-state index contributed by atoms with van der Waals surface area (Å²) in [5.41, 5.74) is 1.40. The molecule has 28 heavy (non-hydrogen) atoms. The van der Waals surface area contributed by atoms with Gasteiger partial charge in [0.15, 0.2) is 0 Å². The van der Waals surface area contributed by atoms with E-state index in [-0.39, 0.29) is 12.1 Å². The molecular weight excluding hydrogens is 389 g/mol. The first-order valence-electron chi connectivity index (χ1n) is 8.93. The number of aliphatic hydroxyl groups is 3. The highest BCUT2D eigenvalue weighted by Crippen LogP contribution is 2.39. The number of aromatic nitrogens is 3. The second-order valence-corrected chi connectivity index (χ2v) is 8.66. The summed E-state index contributed by atoms with van der Waals surface area (Å²) in [5, 5.41) is 38.4. The summed E-state index contributed by atoms with van der Waals surface area (Å²) in [7, 11) is -4.29. The molecule has 11 heteroatoms. The second-order valence-electron chi connectivity index (χ2n) is 6.89. The van der Waals surface area contributed by atoms with Gasteiger partial charge >= 0.3 is 7.60 Å². The van der Waals surface area contributed by atoms with E-state index in [1.54, 1.807) is 10.9 Å². The summed E-state index contributed by atoms with van der Waals surface area (Å²) in [5.74, 6) is 0. The van der Waals surface area contributed by atoms with Crippen molar-refractivity contribution in [3.8, 4) is 0 Å². The molecule has 0 unspecified atom stereocenters. The van der Waals surface area contributed by atoms with Crippen LogP contribution in [0.1, 0.15) is 23.8 Å². The standard InChI is InChI=1S/C17H24N3O7P/c21-14-13(7-9-28(24,25)26)27-17(16(23)15(14)22)12-10-20(19-18-12)8-6-11-4-2-1-3-5-11/h1-5,10,13-17,21-23H,6-9H2,(H2,24,25,26)/t13-,14-,15+,16+,17-/m1/s1. The Hall–Kier alpha value is -1.65. The second kappa shape index (κ2) is 8.79. The third-order valence-corrected chi connectivity index (χ3v) is 5.58. The molecule has 2 aromatic rings. The van der Waals surface area contributed by atoms with E-state index >= 15 is 0 Å². The number of benzene rings is 1. The first-order chi connectivity index (χ1) is 13.2. The molecule has 1 aromatic heterocycles. The summed E-state index contributed by atoms with van der Waals surface area (Å²) in [6.45, 7) is 0.548. The largest absolute Gasteiger partial charge is 0.388 e. The normalized spacial score (nSPS) is 28.4. The van der Waals surface area contributed by atoms with Crippen molar-refractivity contribution in [1.29, 1.82) is 0 Å². The van der Waals surface area contributed by atoms with Crippen LogP contribution in [0.2, 0.25) is 0 Å². The molecule has 0 bridgehead atoms. The lowest BCUT2D eigenvalue weighted by molar-refractivity contribution is -0.225. The first kappa shape index (κ1) is 21.1. The maximum Gasteiger partial charge on any atom is 0.325 e. The van der Waals surface area contributed by atoms with Crippen molar-refractivity contribution < 1.29 is 34.4 Å². The number of hydrogen-bond acceptors (Lipinski definition) is 7. The molecule has 1 aliphatic heterocycles. The van der Waals surface area contributed by atoms with Crippen LogP contribution in [0.25, 0.3) is 0 Å². The van der Waals surface area contributed by atoms with Gasteiger partial charge in [-0.3, -0.25) is 9.25 Å². The number of aliphatic hydroxyl groups excluding tert-OH is 3. The van der Waals surface area contributed by atoms with E-state index in [1.165, 1.54) is 0 Å². The van der Waals surface area contributed by atoms with Crippen molar-refractivity contribution in [2.24, 2.45) is 0 Å². The van der Waals surface area contributed by atoms with E-state index in [0.29, 0.717) is 6.54 Å². The maximum absolute atomic E-state index is 11.1. The molecular formula is C17H24N3O7P. The van der Waals surface area contributed by atoms with Crippen LogP contribution in [0, 0.1) is 0 Å². The number of ether oxygens (including phenoxy) is 1. The van der Waals surface area contributed by atoms with E-state index < -0.39 is 44.3 Å². The predicted octanol–water partition coefficient (Wildman–Crippen LogP) is -0.389. The van der Waals surface area contributed by atoms with Crippen LogP contribution in [0.4, 0.5) is 0 Å². The minimum atomic E-state index is -4.29. The van der Waals surface area contributed by atoms with Gasteiger partial charge in [-0.1, -0.05) is 35.5 Å². The molecule has 0 radical (unpaired) electrons. The fraction of sp³-hybridized carbons (Fsp3) is 0.529. The van der Waals surface area contributed by atoms with Crippen molar-refractivity contribution in [2.45, 2.75) is 49.9 Å². The zero-order chi connectivity index (χ0) is 20.3. The van der Waals surface area contributed by atoms with Gasteiger partial charge in [-0.2, -0.15) is 0 Å². The third kappa shape index (κ3) is 5.24. The average Bonchev–Trinajstić information content (AvgIpc) is 3.13. The van der Waals surface area contributed by atoms with Crippen molar-refractivity contribution in [1.82, 2.24) is 15.0 Å². The van der Waals surface area contributed by atoms with Crippen LogP contribution >= 0.6 is 7.60 Å². The molecule has 0 spiro atoms. The fourth-order valence-electron chi connectivity index (χ4n) is 3.17. The Balaban J connectivity index is 1.67. The molecule has 3 rings (SSSR count). The number of hydrogen-bond donors (Lipinski definition) is 5. The van der Waals surface area contributed by atoms with Gasteiger partial charge in [0.05, 0.1) is 18.5 Å². The molecule has 1 fully saturated rings. The Morgan fingerprint density at radius 3 is 2.46 bits per heavy atom. The van der Waals surface area contributed by atoms with Gasteiger partial charge in [0.25, 0.3) is 0 Å². The van der Waals surface area contributed by atoms with E-state index in [0.717, 1.165) is 12.0 Å². The molecule has 2 heterocycles. The van der Waals surface area contributed by atoms with E-state index in [2.05, 4.69) is 10.3 Å². The van der Waals surface area contributed by atoms with Gasteiger partial charge in [0, 0.05) is 6.54 Å². The summed E-state index contributed by atoms with van der Waals surface area (Å²) < 4.78 is 18.3. The Labute approximate surface area is 161 Å². The number of rotatable bonds is 7. The maximum atomic E-state index is 11.1. The SMILES string of the molecule is O=P(O)(O)CC[C@H]1O[C@H](c2cn(CCc3ccccc3)nn2)[C@@H](O)[C@@H](O)[C@@H]1O. The molecule has 1 aromatic carbocycles. The van der Waals surface area contributed by atoms with Crippen LogP contribution in [0.15, 0.2) is 36.5 Å². The minimum Gasteiger partial charge on any atom is -0.388 e. The lowest BCUT2D eigenvalue weighted by Crippen LogP contribution is -2.54. The van der Waals surface area contributed by atoms with Crippen molar-refractivity contribution in [3.63, 3.8) is 0 Å². The van der Waals surface area contributed by atoms with E-state index in [1.807, 2.05) is 30.3 Å². The Bertz CT molecular complexity index is 812. The van der Waals surface area contributed by atoms with Gasteiger partial charge in [-0.15, -0.1) is 5.10 Å². The van der Waals surface area contributed by atoms with Crippen LogP contribution in [-0.2, 0) is 22.3 Å². The van der Waals surface area contributed by atoms with Crippen LogP contribution < -0.4 is 0 Å². The number of aryl methyl sites for hydroxylation is 2. The Kier molecular flexibility index (Phi) is 6.61. The molecule has 0 saturated carbocycles. The van der Waals surface area contributed by atoms with Gasteiger partial charge in [-0.05, 0) is 18.4 Å². The summed E-state index contributed by atoms with van der Waals surface area (Å²) in [6.07, 6.45) is -4.93. The first-order valence-corrected chi connectivity index (χ1v) is 10.7. The van der Waals surface area contributed by atoms with Crippen LogP contribution in [0.5, 0.6) is 0 Å². The lowest BCUT2D eigenvalue weighted by atomic mass is 9.92. The predicted molar refractivity (Wildman–Crippen MR) is 97.3 cm³/mol. The van der Waals surface area contributed by atoms with Gasteiger partial charge in [0.1, 0.15) is 30.1 Å². The minimum absolute atomic E-state index is 0.173. The molecule has 0 aliphatic carbocycles. The highest BCUT2D eigenvalue weighted by Gasteiger charge is 2.45. The topological polar surface area (TPSA) is 158 Å². The third-order valence-electron chi connectivity index (χ3n) is 4.74. The quantitative estimate of drug-likeness (QED) is 0.381. The van der Waals surface area contributed by atoms with E-state index in [9.17, 15) is 19.9 Å². The van der Waals surface area contributed by atoms with Crippen LogP contribution in [-0.4, -0.2) is 70.7 Å². The number of nitrogens with zero attached hydrogens (tertiary/aromatic N) is 3. The smallest absolute Gasteiger partial charge is 0.325 e. The molecule has 1 aliphatic rings. The molecule has 5 N–H and O–H groups in total. The van der Waals surface area contributed by atoms with E-state index in [4.69, 9.17) is 14.5 Å². The molecule has 10 nitrogen and oxygen atoms in total. The fourth-order valence-corrected chi connectivity index (χ4v) is 3.76. The lowest BCUT2D eigenvalue weighted by Gasteiger charge is -2.40. The average molecular weight is 413 g/mol. The highest BCUT2D eigenvalue weighted by atomic mass is 31.2. The summed E-state index contributed by atoms with van der Waals surface area (Å²) >= 11 is 0. The Morgan fingerprint density at radius 2 is 1.79 bits per heavy atom. The van der Waals surface area contributed by atoms with Crippen molar-refractivity contribution >= 4 is 7.60 Å². The summed E-state index contributed by atoms with van der Waals surface area (Å²) in [6, 6.07) is 9.81. The van der Waals surface area contributed by atoms with Crippen molar-refractivity contribution in [2.75, 3.05) is 6.16 Å². The molecule has 154 valence electrons. The molecule has 5 atom stereocenters. The Morgan fingerprint density at radius 1 is 1.07 bits per heavy atom. The van der Waals surface area contributed by atoms with Crippen molar-refractivity contribution in [3.05, 3.63) is 47.8 Å². The van der Waals surface area contributed by atoms with Gasteiger partial charge in [-0.25, -0.2) is 0 Å². The van der Waals surface area contributed by atoms with Gasteiger partial charge < -0.3 is 29.8 Å². The summed E-state index contributed by atoms with van der Waals surface area (Å²) in [4.78, 5) is 18.1. The van der Waals surface area contributed by atoms with Crippen LogP contribution in [0.3, 0.4) is 0 Å². The molecule has 1 saturated heterocycles. The molecule has 0 amide bonds. The zero-order valence-corrected chi connectivity index (χ0v) is 15.9. The highest BCUT2D eigenvalue weighted by molar-refractivity contribution is 7.51.